The molecular formula is C61H38N2S. The van der Waals surface area contributed by atoms with Crippen LogP contribution in [0.1, 0.15) is 11.1 Å². The van der Waals surface area contributed by atoms with E-state index in [1.807, 2.05) is 11.3 Å². The number of hydrogen-bond acceptors (Lipinski definition) is 1. The van der Waals surface area contributed by atoms with Gasteiger partial charge in [-0.1, -0.05) is 152 Å². The second-order valence-electron chi connectivity index (χ2n) is 17.2. The molecule has 0 radical (unpaired) electrons. The van der Waals surface area contributed by atoms with Crippen molar-refractivity contribution in [2.75, 3.05) is 0 Å². The molecule has 0 bridgehead atoms. The number of rotatable bonds is 5. The van der Waals surface area contributed by atoms with Crippen molar-refractivity contribution in [2.45, 2.75) is 6.42 Å². The Morgan fingerprint density at radius 3 is 1.45 bits per heavy atom. The highest BCUT2D eigenvalue weighted by atomic mass is 32.1. The largest absolute Gasteiger partial charge is 0.309 e. The number of aromatic nitrogens is 2. The Morgan fingerprint density at radius 1 is 0.312 bits per heavy atom. The van der Waals surface area contributed by atoms with Crippen LogP contribution in [0.25, 0.3) is 120 Å². The Kier molecular flexibility index (Phi) is 7.65. The van der Waals surface area contributed by atoms with Gasteiger partial charge in [-0.15, -0.1) is 11.3 Å². The van der Waals surface area contributed by atoms with E-state index in [0.29, 0.717) is 0 Å². The van der Waals surface area contributed by atoms with Crippen molar-refractivity contribution in [2.24, 2.45) is 0 Å². The standard InChI is InChI=1S/C61H38N2S/c1-2-12-46-42(11-1)37-53-45(16-9-18-48(46)53)38-23-29-43(30-24-38)62-56-20-6-3-13-49(56)54-35-40(27-33-58(54)62)41-28-34-59-55(36-41)50-14-4-7-21-57(50)63(59)44-31-25-39(26-32-44)47-17-10-19-52-51-15-5-8-22-60(51)64-61(47)52/h1-36H,37H2. The maximum atomic E-state index is 2.43. The fourth-order valence-electron chi connectivity index (χ4n) is 10.8. The van der Waals surface area contributed by atoms with E-state index in [1.54, 1.807) is 0 Å². The summed E-state index contributed by atoms with van der Waals surface area (Å²) in [7, 11) is 0. The van der Waals surface area contributed by atoms with Crippen LogP contribution in [0, 0.1) is 0 Å². The fraction of sp³-hybridized carbons (Fsp3) is 0.0164. The molecule has 1 aliphatic carbocycles. The molecular weight excluding hydrogens is 793 g/mol. The number of benzene rings is 10. The number of fused-ring (bicyclic) bond motifs is 12. The van der Waals surface area contributed by atoms with Crippen molar-refractivity contribution in [3.8, 4) is 55.9 Å². The topological polar surface area (TPSA) is 9.86 Å². The lowest BCUT2D eigenvalue weighted by Crippen LogP contribution is -1.94. The molecule has 0 fully saturated rings. The van der Waals surface area contributed by atoms with Crippen LogP contribution in [-0.2, 0) is 6.42 Å². The lowest BCUT2D eigenvalue weighted by atomic mass is 9.95. The molecule has 3 heterocycles. The second kappa shape index (κ2) is 13.8. The Balaban J connectivity index is 0.834. The molecule has 13 aromatic rings. The first kappa shape index (κ1) is 35.6. The molecule has 2 nitrogen and oxygen atoms in total. The zero-order chi connectivity index (χ0) is 41.9. The predicted octanol–water partition coefficient (Wildman–Crippen LogP) is 16.8. The molecule has 0 aliphatic heterocycles. The summed E-state index contributed by atoms with van der Waals surface area (Å²) in [5.74, 6) is 0. The SMILES string of the molecule is c1ccc2c(c1)Cc1c(-c3ccc(-n4c5ccccc5c5cc(-c6ccc7c(c6)c6ccccc6n7-c6ccc(-c7cccc8c7sc7ccccc78)cc6)ccc54)cc3)cccc1-2. The molecule has 0 N–H and O–H groups in total. The van der Waals surface area contributed by atoms with Gasteiger partial charge in [-0.25, -0.2) is 0 Å². The Bertz CT molecular complexity index is 4030. The first-order chi connectivity index (χ1) is 31.7. The monoisotopic (exact) mass is 830 g/mol. The van der Waals surface area contributed by atoms with Crippen LogP contribution in [0.15, 0.2) is 218 Å². The van der Waals surface area contributed by atoms with Gasteiger partial charge in [-0.2, -0.15) is 0 Å². The van der Waals surface area contributed by atoms with Gasteiger partial charge in [0.05, 0.1) is 22.1 Å². The zero-order valence-electron chi connectivity index (χ0n) is 34.8. The number of nitrogens with zero attached hydrogens (tertiary/aromatic N) is 2. The van der Waals surface area contributed by atoms with Crippen molar-refractivity contribution in [1.82, 2.24) is 9.13 Å². The van der Waals surface area contributed by atoms with Gasteiger partial charge in [0.2, 0.25) is 0 Å². The van der Waals surface area contributed by atoms with Crippen molar-refractivity contribution in [3.05, 3.63) is 230 Å². The van der Waals surface area contributed by atoms with Crippen molar-refractivity contribution in [1.29, 1.82) is 0 Å². The van der Waals surface area contributed by atoms with E-state index in [1.165, 1.54) is 119 Å². The van der Waals surface area contributed by atoms with Crippen molar-refractivity contribution >= 4 is 75.1 Å². The Morgan fingerprint density at radius 2 is 0.781 bits per heavy atom. The third-order valence-corrected chi connectivity index (χ3v) is 15.0. The van der Waals surface area contributed by atoms with E-state index in [0.717, 1.165) is 17.8 Å². The first-order valence-electron chi connectivity index (χ1n) is 22.1. The molecule has 1 aliphatic rings. The average Bonchev–Trinajstić information content (AvgIpc) is 4.12. The van der Waals surface area contributed by atoms with Gasteiger partial charge in [0.15, 0.2) is 0 Å². The van der Waals surface area contributed by atoms with Gasteiger partial charge in [-0.3, -0.25) is 0 Å². The van der Waals surface area contributed by atoms with Crippen LogP contribution >= 0.6 is 11.3 Å². The van der Waals surface area contributed by atoms with Crippen LogP contribution in [0.4, 0.5) is 0 Å². The third-order valence-electron chi connectivity index (χ3n) is 13.8. The van der Waals surface area contributed by atoms with Crippen LogP contribution in [-0.4, -0.2) is 9.13 Å². The van der Waals surface area contributed by atoms with E-state index in [9.17, 15) is 0 Å². The minimum Gasteiger partial charge on any atom is -0.309 e. The zero-order valence-corrected chi connectivity index (χ0v) is 35.6. The highest BCUT2D eigenvalue weighted by Crippen LogP contribution is 2.44. The van der Waals surface area contributed by atoms with Gasteiger partial charge in [0.1, 0.15) is 0 Å². The quantitative estimate of drug-likeness (QED) is 0.164. The summed E-state index contributed by atoms with van der Waals surface area (Å²) in [6, 6.07) is 81.0. The molecule has 298 valence electrons. The molecule has 0 unspecified atom stereocenters. The molecule has 14 rings (SSSR count). The lowest BCUT2D eigenvalue weighted by molar-refractivity contribution is 1.18. The van der Waals surface area contributed by atoms with Gasteiger partial charge < -0.3 is 9.13 Å². The molecule has 0 saturated heterocycles. The van der Waals surface area contributed by atoms with Gasteiger partial charge in [0.25, 0.3) is 0 Å². The van der Waals surface area contributed by atoms with E-state index >= 15 is 0 Å². The number of thiophene rings is 1. The summed E-state index contributed by atoms with van der Waals surface area (Å²) >= 11 is 1.88. The van der Waals surface area contributed by atoms with Crippen LogP contribution in [0.3, 0.4) is 0 Å². The van der Waals surface area contributed by atoms with E-state index in [2.05, 4.69) is 228 Å². The molecule has 3 heteroatoms. The maximum absolute atomic E-state index is 2.43. The van der Waals surface area contributed by atoms with Crippen molar-refractivity contribution < 1.29 is 0 Å². The number of para-hydroxylation sites is 2. The smallest absolute Gasteiger partial charge is 0.0541 e. The first-order valence-corrected chi connectivity index (χ1v) is 22.9. The van der Waals surface area contributed by atoms with Gasteiger partial charge in [0, 0.05) is 53.1 Å². The lowest BCUT2D eigenvalue weighted by Gasteiger charge is -2.12. The Labute approximate surface area is 374 Å². The molecule has 3 aromatic heterocycles. The van der Waals surface area contributed by atoms with E-state index < -0.39 is 0 Å². The van der Waals surface area contributed by atoms with E-state index in [4.69, 9.17) is 0 Å². The summed E-state index contributed by atoms with van der Waals surface area (Å²) in [5, 5.41) is 7.68. The summed E-state index contributed by atoms with van der Waals surface area (Å²) in [5.41, 5.74) is 20.2. The van der Waals surface area contributed by atoms with Gasteiger partial charge >= 0.3 is 0 Å². The second-order valence-corrected chi connectivity index (χ2v) is 18.3. The molecule has 64 heavy (non-hydrogen) atoms. The molecule has 10 aromatic carbocycles. The van der Waals surface area contributed by atoms with Crippen LogP contribution < -0.4 is 0 Å². The maximum Gasteiger partial charge on any atom is 0.0541 e. The summed E-state index contributed by atoms with van der Waals surface area (Å²) in [6.07, 6.45) is 0.980. The molecule has 0 amide bonds. The summed E-state index contributed by atoms with van der Waals surface area (Å²) < 4.78 is 7.52. The summed E-state index contributed by atoms with van der Waals surface area (Å²) in [6.45, 7) is 0. The number of hydrogen-bond donors (Lipinski definition) is 0. The fourth-order valence-corrected chi connectivity index (χ4v) is 12.1. The Hall–Kier alpha value is -7.98. The predicted molar refractivity (Wildman–Crippen MR) is 273 cm³/mol. The third kappa shape index (κ3) is 5.25. The summed E-state index contributed by atoms with van der Waals surface area (Å²) in [4.78, 5) is 0. The minimum absolute atomic E-state index is 0.980. The van der Waals surface area contributed by atoms with Gasteiger partial charge in [-0.05, 0) is 129 Å². The highest BCUT2D eigenvalue weighted by Gasteiger charge is 2.22. The molecule has 0 atom stereocenters. The molecule has 0 saturated carbocycles. The highest BCUT2D eigenvalue weighted by molar-refractivity contribution is 7.26. The minimum atomic E-state index is 0.980. The normalized spacial score (nSPS) is 12.3. The van der Waals surface area contributed by atoms with Crippen LogP contribution in [0.2, 0.25) is 0 Å². The average molecular weight is 831 g/mol. The van der Waals surface area contributed by atoms with E-state index in [-0.39, 0.29) is 0 Å². The molecule has 0 spiro atoms. The van der Waals surface area contributed by atoms with Crippen LogP contribution in [0.5, 0.6) is 0 Å². The van der Waals surface area contributed by atoms with Crippen molar-refractivity contribution in [3.63, 3.8) is 0 Å².